The Hall–Kier alpha value is -7.22. The molecule has 3 aromatic carbocycles. The molecule has 1 atom stereocenters. The molecule has 0 aliphatic carbocycles. The summed E-state index contributed by atoms with van der Waals surface area (Å²) in [5.41, 5.74) is 1.17. The first-order valence-corrected chi connectivity index (χ1v) is 20.0. The zero-order chi connectivity index (χ0) is 46.0. The SMILES string of the molecule is COc1cc(/C=C/C(=O)CC(=O)/C=C/c2ccc(OC(=O)CCOCCOCCOCCNC(=O)COc3cccc4c3C(=O)N(C3CCC(=O)NC3=O)C4=O)c(OC)c2)ccc1O. The van der Waals surface area contributed by atoms with Crippen LogP contribution in [-0.4, -0.2) is 130 Å². The number of piperidine rings is 1. The molecule has 19 heteroatoms. The van der Waals surface area contributed by atoms with Crippen LogP contribution in [0.15, 0.2) is 66.7 Å². The Morgan fingerprint density at radius 3 is 2.08 bits per heavy atom. The maximum absolute atomic E-state index is 13.2. The number of carbonyl (C=O) groups is 8. The second-order valence-electron chi connectivity index (χ2n) is 13.9. The minimum Gasteiger partial charge on any atom is -0.504 e. The van der Waals surface area contributed by atoms with Crippen molar-refractivity contribution >= 4 is 59.2 Å². The van der Waals surface area contributed by atoms with Crippen molar-refractivity contribution in [2.75, 3.05) is 67.0 Å². The highest BCUT2D eigenvalue weighted by molar-refractivity contribution is 6.24. The highest BCUT2D eigenvalue weighted by atomic mass is 16.6. The number of rotatable bonds is 25. The molecule has 3 N–H and O–H groups in total. The molecule has 1 saturated heterocycles. The fourth-order valence-electron chi connectivity index (χ4n) is 6.27. The van der Waals surface area contributed by atoms with Crippen molar-refractivity contribution in [3.8, 4) is 28.7 Å². The Balaban J connectivity index is 0.888. The summed E-state index contributed by atoms with van der Waals surface area (Å²) >= 11 is 0. The molecule has 338 valence electrons. The Bertz CT molecular complexity index is 2300. The third-order valence-corrected chi connectivity index (χ3v) is 9.44. The Kier molecular flexibility index (Phi) is 17.8. The van der Waals surface area contributed by atoms with Crippen LogP contribution in [0.5, 0.6) is 28.7 Å². The van der Waals surface area contributed by atoms with Crippen LogP contribution in [-0.2, 0) is 43.0 Å². The minimum atomic E-state index is -1.13. The van der Waals surface area contributed by atoms with Crippen molar-refractivity contribution in [2.45, 2.75) is 31.7 Å². The predicted octanol–water partition coefficient (Wildman–Crippen LogP) is 2.61. The first-order valence-electron chi connectivity index (χ1n) is 20.0. The second-order valence-corrected chi connectivity index (χ2v) is 13.9. The van der Waals surface area contributed by atoms with E-state index in [1.807, 2.05) is 0 Å². The lowest BCUT2D eigenvalue weighted by Gasteiger charge is -2.27. The first-order chi connectivity index (χ1) is 30.9. The lowest BCUT2D eigenvalue weighted by atomic mass is 10.0. The second kappa shape index (κ2) is 23.8. The number of imide groups is 2. The van der Waals surface area contributed by atoms with Gasteiger partial charge in [-0.1, -0.05) is 30.4 Å². The molecule has 0 spiro atoms. The molecular formula is C45H47N3O16. The highest BCUT2D eigenvalue weighted by Gasteiger charge is 2.46. The number of amides is 5. The third-order valence-electron chi connectivity index (χ3n) is 9.44. The van der Waals surface area contributed by atoms with E-state index in [1.54, 1.807) is 24.3 Å². The van der Waals surface area contributed by atoms with E-state index in [0.717, 1.165) is 4.90 Å². The molecule has 2 heterocycles. The summed E-state index contributed by atoms with van der Waals surface area (Å²) < 4.78 is 37.7. The fourth-order valence-corrected chi connectivity index (χ4v) is 6.27. The number of phenolic OH excluding ortho intramolecular Hbond substituents is 1. The number of carbonyl (C=O) groups excluding carboxylic acids is 8. The van der Waals surface area contributed by atoms with Gasteiger partial charge in [0.15, 0.2) is 41.2 Å². The summed E-state index contributed by atoms with van der Waals surface area (Å²) in [7, 11) is 2.82. The van der Waals surface area contributed by atoms with E-state index >= 15 is 0 Å². The van der Waals surface area contributed by atoms with Gasteiger partial charge in [0.05, 0.1) is 77.8 Å². The molecule has 19 nitrogen and oxygen atoms in total. The number of benzene rings is 3. The van der Waals surface area contributed by atoms with Gasteiger partial charge < -0.3 is 43.6 Å². The molecule has 0 saturated carbocycles. The number of aromatic hydroxyl groups is 1. The van der Waals surface area contributed by atoms with Gasteiger partial charge in [0, 0.05) is 13.0 Å². The van der Waals surface area contributed by atoms with Gasteiger partial charge >= 0.3 is 5.97 Å². The Morgan fingerprint density at radius 2 is 1.41 bits per heavy atom. The van der Waals surface area contributed by atoms with Crippen LogP contribution in [0.3, 0.4) is 0 Å². The number of nitrogens with one attached hydrogen (secondary N) is 2. The lowest BCUT2D eigenvalue weighted by Crippen LogP contribution is -2.54. The Labute approximate surface area is 367 Å². The maximum atomic E-state index is 13.2. The molecule has 5 rings (SSSR count). The van der Waals surface area contributed by atoms with Gasteiger partial charge in [0.1, 0.15) is 11.8 Å². The van der Waals surface area contributed by atoms with Crippen LogP contribution in [0, 0.1) is 0 Å². The quantitative estimate of drug-likeness (QED) is 0.0276. The van der Waals surface area contributed by atoms with Crippen LogP contribution < -0.4 is 29.6 Å². The van der Waals surface area contributed by atoms with Crippen LogP contribution in [0.2, 0.25) is 0 Å². The molecule has 3 aromatic rings. The van der Waals surface area contributed by atoms with Gasteiger partial charge in [-0.15, -0.1) is 0 Å². The van der Waals surface area contributed by atoms with Crippen molar-refractivity contribution in [1.29, 1.82) is 0 Å². The number of phenols is 1. The first kappa shape index (κ1) is 47.8. The molecular weight excluding hydrogens is 838 g/mol. The number of ketones is 2. The van der Waals surface area contributed by atoms with Crippen molar-refractivity contribution < 1.29 is 76.6 Å². The number of esters is 1. The van der Waals surface area contributed by atoms with Crippen molar-refractivity contribution in [3.63, 3.8) is 0 Å². The van der Waals surface area contributed by atoms with Gasteiger partial charge in [-0.2, -0.15) is 0 Å². The molecule has 0 bridgehead atoms. The molecule has 0 aromatic heterocycles. The number of methoxy groups -OCH3 is 2. The van der Waals surface area contributed by atoms with E-state index < -0.39 is 59.7 Å². The number of hydrogen-bond acceptors (Lipinski definition) is 16. The van der Waals surface area contributed by atoms with Gasteiger partial charge in [-0.05, 0) is 66.1 Å². The van der Waals surface area contributed by atoms with E-state index in [2.05, 4.69) is 10.6 Å². The van der Waals surface area contributed by atoms with Gasteiger partial charge in [-0.3, -0.25) is 48.6 Å². The predicted molar refractivity (Wildman–Crippen MR) is 225 cm³/mol. The summed E-state index contributed by atoms with van der Waals surface area (Å²) in [4.78, 5) is 100. The number of ether oxygens (including phenoxy) is 7. The molecule has 1 fully saturated rings. The Morgan fingerprint density at radius 1 is 0.766 bits per heavy atom. The molecule has 2 aliphatic rings. The van der Waals surface area contributed by atoms with E-state index in [-0.39, 0.29) is 112 Å². The third kappa shape index (κ3) is 13.6. The van der Waals surface area contributed by atoms with E-state index in [9.17, 15) is 43.5 Å². The number of hydrogen-bond donors (Lipinski definition) is 3. The normalized spacial score (nSPS) is 14.7. The number of nitrogens with zero attached hydrogens (tertiary/aromatic N) is 1. The maximum Gasteiger partial charge on any atom is 0.313 e. The van der Waals surface area contributed by atoms with Crippen molar-refractivity contribution in [1.82, 2.24) is 15.5 Å². The molecule has 5 amide bonds. The molecule has 64 heavy (non-hydrogen) atoms. The van der Waals surface area contributed by atoms with Crippen LogP contribution >= 0.6 is 0 Å². The molecule has 2 aliphatic heterocycles. The van der Waals surface area contributed by atoms with Crippen molar-refractivity contribution in [2.24, 2.45) is 0 Å². The average molecular weight is 886 g/mol. The lowest BCUT2D eigenvalue weighted by molar-refractivity contribution is -0.137. The summed E-state index contributed by atoms with van der Waals surface area (Å²) in [5, 5.41) is 14.5. The van der Waals surface area contributed by atoms with E-state index in [1.165, 1.54) is 68.9 Å². The number of allylic oxidation sites excluding steroid dienone is 2. The van der Waals surface area contributed by atoms with Crippen LogP contribution in [0.25, 0.3) is 12.2 Å². The summed E-state index contributed by atoms with van der Waals surface area (Å²) in [6, 6.07) is 12.5. The minimum absolute atomic E-state index is 0.0108. The van der Waals surface area contributed by atoms with Gasteiger partial charge in [0.2, 0.25) is 11.8 Å². The smallest absolute Gasteiger partial charge is 0.313 e. The van der Waals surface area contributed by atoms with Gasteiger partial charge in [-0.25, -0.2) is 0 Å². The average Bonchev–Trinajstić information content (AvgIpc) is 3.53. The monoisotopic (exact) mass is 885 g/mol. The summed E-state index contributed by atoms with van der Waals surface area (Å²) in [5.74, 6) is -3.87. The highest BCUT2D eigenvalue weighted by Crippen LogP contribution is 2.34. The summed E-state index contributed by atoms with van der Waals surface area (Å²) in [6.45, 7) is 0.889. The zero-order valence-corrected chi connectivity index (χ0v) is 35.1. The largest absolute Gasteiger partial charge is 0.504 e. The topological polar surface area (TPSA) is 249 Å². The number of fused-ring (bicyclic) bond motifs is 1. The van der Waals surface area contributed by atoms with Crippen LogP contribution in [0.4, 0.5) is 0 Å². The van der Waals surface area contributed by atoms with Crippen LogP contribution in [0.1, 0.15) is 57.5 Å². The van der Waals surface area contributed by atoms with E-state index in [4.69, 9.17) is 33.2 Å². The fraction of sp³-hybridized carbons (Fsp3) is 0.333. The zero-order valence-electron chi connectivity index (χ0n) is 35.1. The molecule has 0 radical (unpaired) electrons. The van der Waals surface area contributed by atoms with E-state index in [0.29, 0.717) is 11.1 Å². The molecule has 1 unspecified atom stereocenters. The van der Waals surface area contributed by atoms with Gasteiger partial charge in [0.25, 0.3) is 17.7 Å². The summed E-state index contributed by atoms with van der Waals surface area (Å²) in [6.07, 6.45) is 5.18. The van der Waals surface area contributed by atoms with Crippen molar-refractivity contribution in [3.05, 3.63) is 89.0 Å². The standard InChI is InChI=1S/C45H47N3O16/c1-58-37-24-28(8-13-34(37)51)6-10-30(49)26-31(50)11-7-29-9-14-35(38(25-29)59-2)64-41(54)16-18-60-20-22-62-23-21-61-19-17-46-40(53)27-63-36-5-3-4-32-42(36)45(57)48(44(32)56)33-12-15-39(52)47-43(33)55/h3-11,13-14,24-25,33,51H,12,15-23,26-27H2,1-2H3,(H,46,53)(H,47,52,55)/b10-6+,11-7+.